The largest absolute Gasteiger partial charge is 0.465 e. The van der Waals surface area contributed by atoms with Gasteiger partial charge in [0, 0.05) is 10.5 Å². The van der Waals surface area contributed by atoms with Crippen LogP contribution in [-0.4, -0.2) is 11.7 Å². The molecular formula is C20H12BrFN2O2. The van der Waals surface area contributed by atoms with Gasteiger partial charge in [0.15, 0.2) is 5.84 Å². The van der Waals surface area contributed by atoms with Crippen LogP contribution in [0.3, 0.4) is 0 Å². The van der Waals surface area contributed by atoms with Gasteiger partial charge in [-0.15, -0.1) is 0 Å². The molecule has 3 aromatic rings. The Bertz CT molecular complexity index is 1040. The number of nitrogens with zero attached hydrogens (tertiary/aromatic N) is 2. The highest BCUT2D eigenvalue weighted by molar-refractivity contribution is 9.10. The van der Waals surface area contributed by atoms with E-state index in [4.69, 9.17) is 4.42 Å². The lowest BCUT2D eigenvalue weighted by molar-refractivity contribution is -0.113. The van der Waals surface area contributed by atoms with Gasteiger partial charge in [0.1, 0.15) is 17.3 Å². The van der Waals surface area contributed by atoms with Gasteiger partial charge in [-0.25, -0.2) is 9.38 Å². The molecule has 0 saturated heterocycles. The summed E-state index contributed by atoms with van der Waals surface area (Å²) in [5.41, 5.74) is 1.02. The molecule has 6 heteroatoms. The number of aliphatic imine (C=N–C) groups is 1. The van der Waals surface area contributed by atoms with Crippen molar-refractivity contribution in [2.24, 2.45) is 4.99 Å². The molecule has 128 valence electrons. The van der Waals surface area contributed by atoms with Crippen molar-refractivity contribution in [1.82, 2.24) is 0 Å². The summed E-state index contributed by atoms with van der Waals surface area (Å²) >= 11 is 3.40. The molecule has 0 N–H and O–H groups in total. The van der Waals surface area contributed by atoms with E-state index in [1.807, 2.05) is 6.07 Å². The van der Waals surface area contributed by atoms with E-state index in [0.29, 0.717) is 11.4 Å². The van der Waals surface area contributed by atoms with Crippen molar-refractivity contribution in [1.29, 1.82) is 0 Å². The third-order valence-electron chi connectivity index (χ3n) is 3.86. The number of carbonyl (C=O) groups excluding carboxylic acids is 1. The second-order valence-electron chi connectivity index (χ2n) is 5.58. The van der Waals surface area contributed by atoms with E-state index < -0.39 is 5.82 Å². The monoisotopic (exact) mass is 410 g/mol. The smallest absolute Gasteiger partial charge is 0.282 e. The van der Waals surface area contributed by atoms with E-state index in [2.05, 4.69) is 20.9 Å². The van der Waals surface area contributed by atoms with Gasteiger partial charge >= 0.3 is 0 Å². The summed E-state index contributed by atoms with van der Waals surface area (Å²) in [6.45, 7) is 0. The predicted molar refractivity (Wildman–Crippen MR) is 101 cm³/mol. The highest BCUT2D eigenvalue weighted by Crippen LogP contribution is 2.30. The second-order valence-corrected chi connectivity index (χ2v) is 6.50. The number of benzene rings is 2. The Morgan fingerprint density at radius 1 is 1.08 bits per heavy atom. The fourth-order valence-electron chi connectivity index (χ4n) is 2.70. The standard InChI is InChI=1S/C20H12BrFN2O2/c21-13-5-3-6-14(11-13)24-19(16-8-1-2-9-17(16)22)23-18(20(24)25)12-15-7-4-10-26-15/h1-12H/b18-12+. The molecule has 26 heavy (non-hydrogen) atoms. The van der Waals surface area contributed by atoms with Gasteiger partial charge in [0.25, 0.3) is 5.91 Å². The number of rotatable bonds is 3. The van der Waals surface area contributed by atoms with Crippen LogP contribution in [0.4, 0.5) is 10.1 Å². The molecule has 0 spiro atoms. The highest BCUT2D eigenvalue weighted by Gasteiger charge is 2.33. The lowest BCUT2D eigenvalue weighted by Gasteiger charge is -2.19. The van der Waals surface area contributed by atoms with E-state index in [0.717, 1.165) is 4.47 Å². The lowest BCUT2D eigenvalue weighted by Crippen LogP contribution is -2.33. The van der Waals surface area contributed by atoms with E-state index in [1.165, 1.54) is 17.2 Å². The Morgan fingerprint density at radius 3 is 2.65 bits per heavy atom. The van der Waals surface area contributed by atoms with E-state index in [-0.39, 0.29) is 23.0 Å². The maximum absolute atomic E-state index is 14.4. The van der Waals surface area contributed by atoms with E-state index in [9.17, 15) is 9.18 Å². The van der Waals surface area contributed by atoms with Crippen molar-refractivity contribution in [2.45, 2.75) is 0 Å². The van der Waals surface area contributed by atoms with Gasteiger partial charge in [-0.3, -0.25) is 9.69 Å². The molecule has 1 aliphatic rings. The fraction of sp³-hybridized carbons (Fsp3) is 0. The summed E-state index contributed by atoms with van der Waals surface area (Å²) in [5, 5.41) is 0. The zero-order chi connectivity index (χ0) is 18.1. The number of amides is 1. The highest BCUT2D eigenvalue weighted by atomic mass is 79.9. The molecule has 4 nitrogen and oxygen atoms in total. The van der Waals surface area contributed by atoms with Crippen molar-refractivity contribution in [3.63, 3.8) is 0 Å². The van der Waals surface area contributed by atoms with Crippen molar-refractivity contribution < 1.29 is 13.6 Å². The Kier molecular flexibility index (Phi) is 4.26. The molecule has 0 fully saturated rings. The van der Waals surface area contributed by atoms with E-state index >= 15 is 0 Å². The summed E-state index contributed by atoms with van der Waals surface area (Å²) in [7, 11) is 0. The molecular weight excluding hydrogens is 399 g/mol. The molecule has 0 aliphatic carbocycles. The Balaban J connectivity index is 1.87. The van der Waals surface area contributed by atoms with Gasteiger partial charge in [-0.2, -0.15) is 0 Å². The van der Waals surface area contributed by atoms with Crippen LogP contribution in [0.15, 0.2) is 86.5 Å². The SMILES string of the molecule is O=C1/C(=C\c2ccco2)N=C(c2ccccc2F)N1c1cccc(Br)c1. The number of hydrogen-bond acceptors (Lipinski definition) is 3. The molecule has 0 radical (unpaired) electrons. The average molecular weight is 411 g/mol. The van der Waals surface area contributed by atoms with Crippen molar-refractivity contribution in [3.8, 4) is 0 Å². The number of anilines is 1. The van der Waals surface area contributed by atoms with Crippen molar-refractivity contribution in [3.05, 3.63) is 94.2 Å². The van der Waals surface area contributed by atoms with Crippen LogP contribution >= 0.6 is 15.9 Å². The minimum Gasteiger partial charge on any atom is -0.465 e. The van der Waals surface area contributed by atoms with Gasteiger partial charge in [-0.05, 0) is 42.5 Å². The zero-order valence-electron chi connectivity index (χ0n) is 13.4. The molecule has 1 amide bonds. The fourth-order valence-corrected chi connectivity index (χ4v) is 3.09. The van der Waals surface area contributed by atoms with Crippen LogP contribution < -0.4 is 4.90 Å². The van der Waals surface area contributed by atoms with Crippen LogP contribution in [0.1, 0.15) is 11.3 Å². The summed E-state index contributed by atoms with van der Waals surface area (Å²) in [4.78, 5) is 18.8. The quantitative estimate of drug-likeness (QED) is 0.569. The number of amidine groups is 1. The van der Waals surface area contributed by atoms with Crippen LogP contribution in [-0.2, 0) is 4.79 Å². The molecule has 2 aromatic carbocycles. The van der Waals surface area contributed by atoms with Gasteiger partial charge in [0.2, 0.25) is 0 Å². The molecule has 0 unspecified atom stereocenters. The summed E-state index contributed by atoms with van der Waals surface area (Å²) in [5.74, 6) is -0.0545. The summed E-state index contributed by atoms with van der Waals surface area (Å²) in [6, 6.07) is 16.9. The number of halogens is 2. The first-order valence-electron chi connectivity index (χ1n) is 7.82. The first-order chi connectivity index (χ1) is 12.6. The molecule has 0 saturated carbocycles. The third kappa shape index (κ3) is 2.99. The topological polar surface area (TPSA) is 45.8 Å². The minimum absolute atomic E-state index is 0.179. The average Bonchev–Trinajstić information content (AvgIpc) is 3.24. The number of hydrogen-bond donors (Lipinski definition) is 0. The normalized spacial score (nSPS) is 15.6. The summed E-state index contributed by atoms with van der Waals surface area (Å²) in [6.07, 6.45) is 3.06. The molecule has 1 aliphatic heterocycles. The maximum Gasteiger partial charge on any atom is 0.282 e. The van der Waals surface area contributed by atoms with Gasteiger partial charge in [-0.1, -0.05) is 34.1 Å². The first-order valence-corrected chi connectivity index (χ1v) is 8.61. The summed E-state index contributed by atoms with van der Waals surface area (Å²) < 4.78 is 20.5. The zero-order valence-corrected chi connectivity index (χ0v) is 15.0. The van der Waals surface area contributed by atoms with Gasteiger partial charge < -0.3 is 4.42 Å². The molecule has 0 atom stereocenters. The maximum atomic E-state index is 14.4. The lowest BCUT2D eigenvalue weighted by atomic mass is 10.1. The number of furan rings is 1. The van der Waals surface area contributed by atoms with Crippen LogP contribution in [0, 0.1) is 5.82 Å². The van der Waals surface area contributed by atoms with Gasteiger partial charge in [0.05, 0.1) is 17.5 Å². The first kappa shape index (κ1) is 16.5. The molecule has 4 rings (SSSR count). The van der Waals surface area contributed by atoms with E-state index in [1.54, 1.807) is 54.6 Å². The van der Waals surface area contributed by atoms with Crippen molar-refractivity contribution >= 4 is 39.4 Å². The Morgan fingerprint density at radius 2 is 1.92 bits per heavy atom. The third-order valence-corrected chi connectivity index (χ3v) is 4.36. The molecule has 2 heterocycles. The Hall–Kier alpha value is -2.99. The Labute approximate surface area is 157 Å². The minimum atomic E-state index is -0.446. The molecule has 0 bridgehead atoms. The van der Waals surface area contributed by atoms with Crippen LogP contribution in [0.2, 0.25) is 0 Å². The second kappa shape index (κ2) is 6.72. The predicted octanol–water partition coefficient (Wildman–Crippen LogP) is 5.02. The molecule has 1 aromatic heterocycles. The number of carbonyl (C=O) groups is 1. The van der Waals surface area contributed by atoms with Crippen molar-refractivity contribution in [2.75, 3.05) is 4.90 Å². The van der Waals surface area contributed by atoms with Crippen LogP contribution in [0.5, 0.6) is 0 Å². The van der Waals surface area contributed by atoms with Crippen LogP contribution in [0.25, 0.3) is 6.08 Å².